The average Bonchev–Trinajstić information content (AvgIpc) is 2.18. The SMILES string of the molecule is CCCCc1c(P(=O)(O)O)ccc(C)c1C. The Morgan fingerprint density at radius 3 is 2.38 bits per heavy atom. The maximum absolute atomic E-state index is 11.4. The van der Waals surface area contributed by atoms with E-state index in [1.54, 1.807) is 12.1 Å². The summed E-state index contributed by atoms with van der Waals surface area (Å²) in [6.45, 7) is 5.97. The molecule has 0 unspecified atom stereocenters. The maximum atomic E-state index is 11.4. The van der Waals surface area contributed by atoms with Crippen LogP contribution in [-0.4, -0.2) is 9.79 Å². The first-order valence-corrected chi connectivity index (χ1v) is 7.14. The Morgan fingerprint density at radius 1 is 1.25 bits per heavy atom. The van der Waals surface area contributed by atoms with Gasteiger partial charge in [-0.15, -0.1) is 0 Å². The summed E-state index contributed by atoms with van der Waals surface area (Å²) in [6.07, 6.45) is 2.72. The molecule has 0 spiro atoms. The lowest BCUT2D eigenvalue weighted by molar-refractivity contribution is 0.387. The van der Waals surface area contributed by atoms with E-state index in [-0.39, 0.29) is 5.30 Å². The van der Waals surface area contributed by atoms with Crippen molar-refractivity contribution < 1.29 is 14.4 Å². The molecule has 0 aliphatic rings. The second-order valence-corrected chi connectivity index (χ2v) is 5.72. The average molecular weight is 242 g/mol. The molecule has 1 aromatic rings. The summed E-state index contributed by atoms with van der Waals surface area (Å²) in [5, 5.41) is 0.198. The van der Waals surface area contributed by atoms with Crippen LogP contribution in [0.5, 0.6) is 0 Å². The largest absolute Gasteiger partial charge is 0.356 e. The Morgan fingerprint density at radius 2 is 1.88 bits per heavy atom. The Kier molecular flexibility index (Phi) is 4.31. The van der Waals surface area contributed by atoms with E-state index in [0.717, 1.165) is 36.0 Å². The van der Waals surface area contributed by atoms with Crippen molar-refractivity contribution in [3.63, 3.8) is 0 Å². The zero-order valence-electron chi connectivity index (χ0n) is 10.0. The van der Waals surface area contributed by atoms with Gasteiger partial charge in [0.2, 0.25) is 0 Å². The molecule has 0 atom stereocenters. The molecule has 0 aromatic heterocycles. The molecule has 0 heterocycles. The molecule has 0 saturated heterocycles. The van der Waals surface area contributed by atoms with Crippen molar-refractivity contribution in [1.82, 2.24) is 0 Å². The molecule has 0 radical (unpaired) electrons. The number of unbranched alkanes of at least 4 members (excludes halogenated alkanes) is 1. The third kappa shape index (κ3) is 2.94. The van der Waals surface area contributed by atoms with Crippen LogP contribution in [0.25, 0.3) is 0 Å². The lowest BCUT2D eigenvalue weighted by Crippen LogP contribution is -2.14. The standard InChI is InChI=1S/C12H19O3P/c1-4-5-6-11-10(3)9(2)7-8-12(11)16(13,14)15/h7-8H,4-6H2,1-3H3,(H2,13,14,15). The number of rotatable bonds is 4. The van der Waals surface area contributed by atoms with Gasteiger partial charge in [0.1, 0.15) is 0 Å². The number of aryl methyl sites for hydroxylation is 1. The van der Waals surface area contributed by atoms with Crippen LogP contribution in [0.4, 0.5) is 0 Å². The molecule has 4 heteroatoms. The molecule has 16 heavy (non-hydrogen) atoms. The third-order valence-corrected chi connectivity index (χ3v) is 3.99. The molecule has 0 bridgehead atoms. The van der Waals surface area contributed by atoms with E-state index >= 15 is 0 Å². The molecule has 0 amide bonds. The lowest BCUT2D eigenvalue weighted by Gasteiger charge is -2.15. The van der Waals surface area contributed by atoms with Crippen molar-refractivity contribution in [2.45, 2.75) is 40.0 Å². The van der Waals surface area contributed by atoms with Crippen molar-refractivity contribution in [3.05, 3.63) is 28.8 Å². The fraction of sp³-hybridized carbons (Fsp3) is 0.500. The first-order chi connectivity index (χ1) is 7.38. The molecule has 0 aliphatic carbocycles. The minimum atomic E-state index is -4.14. The van der Waals surface area contributed by atoms with Gasteiger partial charge in [0, 0.05) is 0 Å². The Hall–Kier alpha value is -0.630. The van der Waals surface area contributed by atoms with Crippen LogP contribution in [0.15, 0.2) is 12.1 Å². The van der Waals surface area contributed by atoms with Gasteiger partial charge in [-0.2, -0.15) is 0 Å². The topological polar surface area (TPSA) is 57.5 Å². The van der Waals surface area contributed by atoms with Crippen LogP contribution in [0.1, 0.15) is 36.5 Å². The third-order valence-electron chi connectivity index (χ3n) is 2.94. The minimum absolute atomic E-state index is 0.198. The fourth-order valence-corrected chi connectivity index (χ4v) is 2.70. The van der Waals surface area contributed by atoms with Gasteiger partial charge in [-0.1, -0.05) is 19.4 Å². The van der Waals surface area contributed by atoms with Crippen LogP contribution < -0.4 is 5.30 Å². The maximum Gasteiger partial charge on any atom is 0.356 e. The zero-order valence-corrected chi connectivity index (χ0v) is 10.9. The van der Waals surface area contributed by atoms with Gasteiger partial charge in [-0.25, -0.2) is 0 Å². The quantitative estimate of drug-likeness (QED) is 0.797. The predicted octanol–water partition coefficient (Wildman–Crippen LogP) is 2.45. The monoisotopic (exact) mass is 242 g/mol. The summed E-state index contributed by atoms with van der Waals surface area (Å²) in [6, 6.07) is 3.34. The van der Waals surface area contributed by atoms with Crippen LogP contribution in [0, 0.1) is 13.8 Å². The van der Waals surface area contributed by atoms with Crippen molar-refractivity contribution in [3.8, 4) is 0 Å². The van der Waals surface area contributed by atoms with Crippen molar-refractivity contribution >= 4 is 12.9 Å². The zero-order chi connectivity index (χ0) is 12.3. The minimum Gasteiger partial charge on any atom is -0.321 e. The van der Waals surface area contributed by atoms with E-state index < -0.39 is 7.60 Å². The van der Waals surface area contributed by atoms with Crippen LogP contribution >= 0.6 is 7.60 Å². The van der Waals surface area contributed by atoms with Gasteiger partial charge in [-0.05, 0) is 49.4 Å². The Balaban J connectivity index is 3.28. The van der Waals surface area contributed by atoms with E-state index in [4.69, 9.17) is 0 Å². The normalized spacial score (nSPS) is 11.8. The molecule has 1 rings (SSSR count). The summed E-state index contributed by atoms with van der Waals surface area (Å²) in [5.41, 5.74) is 2.92. The van der Waals surface area contributed by atoms with Gasteiger partial charge in [0.25, 0.3) is 0 Å². The smallest absolute Gasteiger partial charge is 0.321 e. The second-order valence-electron chi connectivity index (χ2n) is 4.15. The van der Waals surface area contributed by atoms with E-state index in [2.05, 4.69) is 6.92 Å². The molecule has 90 valence electrons. The molecule has 0 aliphatic heterocycles. The van der Waals surface area contributed by atoms with Crippen molar-refractivity contribution in [2.75, 3.05) is 0 Å². The number of hydrogen-bond acceptors (Lipinski definition) is 1. The first-order valence-electron chi connectivity index (χ1n) is 5.53. The Bertz CT molecular complexity index is 421. The second kappa shape index (κ2) is 5.13. The van der Waals surface area contributed by atoms with E-state index in [1.807, 2.05) is 13.8 Å². The van der Waals surface area contributed by atoms with Crippen molar-refractivity contribution in [2.24, 2.45) is 0 Å². The molecule has 0 saturated carbocycles. The van der Waals surface area contributed by atoms with E-state index in [1.165, 1.54) is 0 Å². The Labute approximate surface area is 96.7 Å². The summed E-state index contributed by atoms with van der Waals surface area (Å²) in [5.74, 6) is 0. The summed E-state index contributed by atoms with van der Waals surface area (Å²) >= 11 is 0. The van der Waals surface area contributed by atoms with Gasteiger partial charge in [0.05, 0.1) is 5.30 Å². The predicted molar refractivity (Wildman–Crippen MR) is 66.2 cm³/mol. The van der Waals surface area contributed by atoms with Gasteiger partial charge < -0.3 is 9.79 Å². The highest BCUT2D eigenvalue weighted by Crippen LogP contribution is 2.36. The highest BCUT2D eigenvalue weighted by molar-refractivity contribution is 7.60. The molecule has 1 aromatic carbocycles. The number of hydrogen-bond donors (Lipinski definition) is 2. The van der Waals surface area contributed by atoms with Crippen LogP contribution in [0.3, 0.4) is 0 Å². The van der Waals surface area contributed by atoms with E-state index in [9.17, 15) is 14.4 Å². The summed E-state index contributed by atoms with van der Waals surface area (Å²) < 4.78 is 11.4. The van der Waals surface area contributed by atoms with Crippen LogP contribution in [0.2, 0.25) is 0 Å². The van der Waals surface area contributed by atoms with Crippen molar-refractivity contribution in [1.29, 1.82) is 0 Å². The van der Waals surface area contributed by atoms with Crippen LogP contribution in [-0.2, 0) is 11.0 Å². The number of benzene rings is 1. The molecule has 0 fully saturated rings. The molecule has 3 nitrogen and oxygen atoms in total. The van der Waals surface area contributed by atoms with E-state index in [0.29, 0.717) is 0 Å². The van der Waals surface area contributed by atoms with Gasteiger partial charge >= 0.3 is 7.60 Å². The van der Waals surface area contributed by atoms with Gasteiger partial charge in [-0.3, -0.25) is 4.57 Å². The summed E-state index contributed by atoms with van der Waals surface area (Å²) in [4.78, 5) is 18.6. The van der Waals surface area contributed by atoms with Gasteiger partial charge in [0.15, 0.2) is 0 Å². The fourth-order valence-electron chi connectivity index (χ4n) is 1.80. The molecule has 2 N–H and O–H groups in total. The highest BCUT2D eigenvalue weighted by atomic mass is 31.2. The summed E-state index contributed by atoms with van der Waals surface area (Å²) in [7, 11) is -4.14. The molecular formula is C12H19O3P. The highest BCUT2D eigenvalue weighted by Gasteiger charge is 2.22. The first kappa shape index (κ1) is 13.4. The molecular weight excluding hydrogens is 223 g/mol. The lowest BCUT2D eigenvalue weighted by atomic mass is 9.99.